The van der Waals surface area contributed by atoms with Gasteiger partial charge in [0.2, 0.25) is 10.0 Å². The minimum atomic E-state index is -3.92. The van der Waals surface area contributed by atoms with E-state index < -0.39 is 20.6 Å². The van der Waals surface area contributed by atoms with E-state index in [9.17, 15) is 18.5 Å². The van der Waals surface area contributed by atoms with Crippen molar-refractivity contribution in [3.63, 3.8) is 0 Å². The fraction of sp³-hybridized carbons (Fsp3) is 0.538. The number of nitrogens with two attached hydrogens (primary N) is 1. The van der Waals surface area contributed by atoms with E-state index in [0.29, 0.717) is 6.54 Å². The molecule has 7 nitrogen and oxygen atoms in total. The number of nitro benzene ring substituents is 1. The largest absolute Gasteiger partial charge is 0.399 e. The maximum Gasteiger partial charge on any atom is 0.289 e. The Bertz CT molecular complexity index is 639. The van der Waals surface area contributed by atoms with Gasteiger partial charge in [-0.2, -0.15) is 4.31 Å². The Morgan fingerprint density at radius 3 is 2.52 bits per heavy atom. The number of benzene rings is 1. The lowest BCUT2D eigenvalue weighted by Gasteiger charge is -2.26. The smallest absolute Gasteiger partial charge is 0.289 e. The minimum Gasteiger partial charge on any atom is -0.399 e. The standard InChI is InChI=1S/C13H19N3O4S/c1-2-15(11-5-3-4-6-11)21(19,20)13-9-10(14)7-8-12(13)16(17)18/h7-9,11H,2-6,14H2,1H3. The van der Waals surface area contributed by atoms with Gasteiger partial charge < -0.3 is 5.73 Å². The van der Waals surface area contributed by atoms with E-state index in [4.69, 9.17) is 5.73 Å². The molecule has 0 amide bonds. The molecule has 0 spiro atoms. The minimum absolute atomic E-state index is 0.0824. The molecule has 0 aromatic heterocycles. The topological polar surface area (TPSA) is 107 Å². The van der Waals surface area contributed by atoms with E-state index in [2.05, 4.69) is 0 Å². The summed E-state index contributed by atoms with van der Waals surface area (Å²) < 4.78 is 27.0. The lowest BCUT2D eigenvalue weighted by molar-refractivity contribution is -0.387. The molecule has 2 N–H and O–H groups in total. The SMILES string of the molecule is CCN(C1CCCC1)S(=O)(=O)c1cc(N)ccc1[N+](=O)[O-]. The summed E-state index contributed by atoms with van der Waals surface area (Å²) in [5, 5.41) is 11.1. The summed E-state index contributed by atoms with van der Waals surface area (Å²) in [6, 6.07) is 3.57. The molecule has 1 aromatic rings. The molecule has 0 radical (unpaired) electrons. The molecule has 21 heavy (non-hydrogen) atoms. The van der Waals surface area contributed by atoms with Crippen LogP contribution in [0.1, 0.15) is 32.6 Å². The zero-order chi connectivity index (χ0) is 15.6. The predicted molar refractivity (Wildman–Crippen MR) is 79.3 cm³/mol. The molecule has 0 aliphatic heterocycles. The Morgan fingerprint density at radius 1 is 1.38 bits per heavy atom. The van der Waals surface area contributed by atoms with Crippen LogP contribution in [0.4, 0.5) is 11.4 Å². The molecule has 0 bridgehead atoms. The molecule has 1 saturated carbocycles. The number of rotatable bonds is 5. The van der Waals surface area contributed by atoms with E-state index in [1.54, 1.807) is 6.92 Å². The molecule has 116 valence electrons. The lowest BCUT2D eigenvalue weighted by Crippen LogP contribution is -2.38. The second-order valence-electron chi connectivity index (χ2n) is 5.13. The van der Waals surface area contributed by atoms with Crippen LogP contribution >= 0.6 is 0 Å². The predicted octanol–water partition coefficient (Wildman–Crippen LogP) is 2.13. The number of anilines is 1. The monoisotopic (exact) mass is 313 g/mol. The summed E-state index contributed by atoms with van der Waals surface area (Å²) in [5.41, 5.74) is 5.38. The van der Waals surface area contributed by atoms with Crippen molar-refractivity contribution in [2.24, 2.45) is 0 Å². The molecule has 1 aliphatic rings. The average Bonchev–Trinajstić information content (AvgIpc) is 2.92. The number of nitrogens with zero attached hydrogens (tertiary/aromatic N) is 2. The van der Waals surface area contributed by atoms with Crippen LogP contribution in [0.3, 0.4) is 0 Å². The maximum absolute atomic E-state index is 12.8. The van der Waals surface area contributed by atoms with Crippen molar-refractivity contribution in [1.82, 2.24) is 4.31 Å². The van der Waals surface area contributed by atoms with Gasteiger partial charge in [0.25, 0.3) is 5.69 Å². The van der Waals surface area contributed by atoms with Crippen molar-refractivity contribution in [2.75, 3.05) is 12.3 Å². The fourth-order valence-corrected chi connectivity index (χ4v) is 4.72. The Hall–Kier alpha value is -1.67. The molecule has 1 aliphatic carbocycles. The lowest BCUT2D eigenvalue weighted by atomic mass is 10.2. The van der Waals surface area contributed by atoms with E-state index in [1.165, 1.54) is 16.4 Å². The number of nitro groups is 1. The summed E-state index contributed by atoms with van der Waals surface area (Å²) in [6.07, 6.45) is 3.55. The van der Waals surface area contributed by atoms with Crippen LogP contribution in [0.5, 0.6) is 0 Å². The number of nitrogen functional groups attached to an aromatic ring is 1. The zero-order valence-electron chi connectivity index (χ0n) is 11.9. The normalized spacial score (nSPS) is 16.5. The van der Waals surface area contributed by atoms with Gasteiger partial charge >= 0.3 is 0 Å². The molecule has 0 saturated heterocycles. The highest BCUT2D eigenvalue weighted by atomic mass is 32.2. The van der Waals surface area contributed by atoms with Gasteiger partial charge in [0, 0.05) is 24.3 Å². The second-order valence-corrected chi connectivity index (χ2v) is 6.99. The Labute approximate surface area is 123 Å². The average molecular weight is 313 g/mol. The highest BCUT2D eigenvalue weighted by Gasteiger charge is 2.36. The van der Waals surface area contributed by atoms with Gasteiger partial charge in [0.15, 0.2) is 4.90 Å². The van der Waals surface area contributed by atoms with Crippen LogP contribution in [0.2, 0.25) is 0 Å². The fourth-order valence-electron chi connectivity index (χ4n) is 2.83. The second kappa shape index (κ2) is 5.98. The third kappa shape index (κ3) is 3.01. The molecular weight excluding hydrogens is 294 g/mol. The van der Waals surface area contributed by atoms with E-state index in [-0.39, 0.29) is 16.6 Å². The van der Waals surface area contributed by atoms with Crippen LogP contribution in [-0.4, -0.2) is 30.2 Å². The number of hydrogen-bond acceptors (Lipinski definition) is 5. The Balaban J connectivity index is 2.51. The molecule has 1 aromatic carbocycles. The molecule has 2 rings (SSSR count). The summed E-state index contributed by atoms with van der Waals surface area (Å²) in [6.45, 7) is 2.03. The molecule has 0 unspecified atom stereocenters. The van der Waals surface area contributed by atoms with Crippen LogP contribution in [0, 0.1) is 10.1 Å². The molecule has 1 fully saturated rings. The summed E-state index contributed by atoms with van der Waals surface area (Å²) in [5.74, 6) is 0. The van der Waals surface area contributed by atoms with Crippen molar-refractivity contribution >= 4 is 21.4 Å². The first-order chi connectivity index (χ1) is 9.87. The first-order valence-corrected chi connectivity index (χ1v) is 8.37. The summed E-state index contributed by atoms with van der Waals surface area (Å²) in [7, 11) is -3.92. The van der Waals surface area contributed by atoms with Gasteiger partial charge in [-0.05, 0) is 25.0 Å². The van der Waals surface area contributed by atoms with Gasteiger partial charge in [-0.25, -0.2) is 8.42 Å². The van der Waals surface area contributed by atoms with Gasteiger partial charge in [-0.15, -0.1) is 0 Å². The Morgan fingerprint density at radius 2 is 2.00 bits per heavy atom. The molecular formula is C13H19N3O4S. The molecule has 0 atom stereocenters. The van der Waals surface area contributed by atoms with Gasteiger partial charge in [-0.3, -0.25) is 10.1 Å². The van der Waals surface area contributed by atoms with Crippen molar-refractivity contribution in [3.05, 3.63) is 28.3 Å². The third-order valence-electron chi connectivity index (χ3n) is 3.81. The highest BCUT2D eigenvalue weighted by Crippen LogP contribution is 2.33. The van der Waals surface area contributed by atoms with Crippen LogP contribution in [0.25, 0.3) is 0 Å². The van der Waals surface area contributed by atoms with Crippen molar-refractivity contribution in [2.45, 2.75) is 43.5 Å². The van der Waals surface area contributed by atoms with Crippen molar-refractivity contribution in [3.8, 4) is 0 Å². The first kappa shape index (κ1) is 15.7. The van der Waals surface area contributed by atoms with Crippen LogP contribution in [-0.2, 0) is 10.0 Å². The van der Waals surface area contributed by atoms with Gasteiger partial charge in [-0.1, -0.05) is 19.8 Å². The third-order valence-corrected chi connectivity index (χ3v) is 5.87. The quantitative estimate of drug-likeness (QED) is 0.509. The van der Waals surface area contributed by atoms with Gasteiger partial charge in [0.1, 0.15) is 0 Å². The Kier molecular flexibility index (Phi) is 4.48. The molecule has 0 heterocycles. The van der Waals surface area contributed by atoms with Crippen molar-refractivity contribution < 1.29 is 13.3 Å². The van der Waals surface area contributed by atoms with E-state index in [0.717, 1.165) is 31.7 Å². The summed E-state index contributed by atoms with van der Waals surface area (Å²) >= 11 is 0. The number of hydrogen-bond donors (Lipinski definition) is 1. The van der Waals surface area contributed by atoms with Gasteiger partial charge in [0.05, 0.1) is 4.92 Å². The van der Waals surface area contributed by atoms with E-state index in [1.807, 2.05) is 0 Å². The van der Waals surface area contributed by atoms with Crippen LogP contribution < -0.4 is 5.73 Å². The van der Waals surface area contributed by atoms with E-state index >= 15 is 0 Å². The zero-order valence-corrected chi connectivity index (χ0v) is 12.7. The van der Waals surface area contributed by atoms with Crippen molar-refractivity contribution in [1.29, 1.82) is 0 Å². The summed E-state index contributed by atoms with van der Waals surface area (Å²) in [4.78, 5) is 10.1. The number of sulfonamides is 1. The molecule has 8 heteroatoms. The maximum atomic E-state index is 12.8. The first-order valence-electron chi connectivity index (χ1n) is 6.93. The van der Waals surface area contributed by atoms with Crippen LogP contribution in [0.15, 0.2) is 23.1 Å². The highest BCUT2D eigenvalue weighted by molar-refractivity contribution is 7.89.